The van der Waals surface area contributed by atoms with E-state index in [1.165, 1.54) is 44.5 Å². The first-order chi connectivity index (χ1) is 23.6. The van der Waals surface area contributed by atoms with Gasteiger partial charge >= 0.3 is 0 Å². The minimum absolute atomic E-state index is 0.00340. The first-order valence-electron chi connectivity index (χ1n) is 17.1. The SMILES string of the molecule is CC(C)(C)c1ccnc(-n2c3cc(Oc4cccc(N5CN(c6ccccc6)c6ccccc65)c4)ccc3c3cccc(C(C)(C)C)c32)c1. The van der Waals surface area contributed by atoms with Crippen molar-refractivity contribution in [2.75, 3.05) is 16.5 Å². The van der Waals surface area contributed by atoms with Crippen LogP contribution in [0.5, 0.6) is 11.5 Å². The van der Waals surface area contributed by atoms with Gasteiger partial charge in [-0.15, -0.1) is 0 Å². The molecule has 3 heterocycles. The van der Waals surface area contributed by atoms with Crippen LogP contribution in [0.25, 0.3) is 27.6 Å². The summed E-state index contributed by atoms with van der Waals surface area (Å²) in [6, 6.07) is 45.0. The van der Waals surface area contributed by atoms with Crippen LogP contribution in [0.3, 0.4) is 0 Å². The maximum Gasteiger partial charge on any atom is 0.137 e. The van der Waals surface area contributed by atoms with Crippen molar-refractivity contribution in [3.63, 3.8) is 0 Å². The second-order valence-electron chi connectivity index (χ2n) is 15.0. The number of para-hydroxylation sites is 4. The Bertz CT molecular complexity index is 2320. The average molecular weight is 643 g/mol. The second-order valence-corrected chi connectivity index (χ2v) is 15.0. The van der Waals surface area contributed by atoms with Gasteiger partial charge in [0.25, 0.3) is 0 Å². The zero-order valence-corrected chi connectivity index (χ0v) is 29.1. The van der Waals surface area contributed by atoms with Crippen LogP contribution in [-0.4, -0.2) is 16.2 Å². The summed E-state index contributed by atoms with van der Waals surface area (Å²) >= 11 is 0. The second kappa shape index (κ2) is 11.6. The molecule has 0 unspecified atom stereocenters. The molecule has 2 aromatic heterocycles. The van der Waals surface area contributed by atoms with E-state index in [1.54, 1.807) is 0 Å². The Hall–Kier alpha value is -5.55. The molecule has 49 heavy (non-hydrogen) atoms. The molecule has 7 aromatic rings. The fourth-order valence-electron chi connectivity index (χ4n) is 7.08. The van der Waals surface area contributed by atoms with E-state index in [0.29, 0.717) is 0 Å². The van der Waals surface area contributed by atoms with Crippen molar-refractivity contribution < 1.29 is 4.74 Å². The van der Waals surface area contributed by atoms with Crippen LogP contribution in [0.2, 0.25) is 0 Å². The van der Waals surface area contributed by atoms with Gasteiger partial charge in [-0.25, -0.2) is 4.98 Å². The zero-order chi connectivity index (χ0) is 33.9. The largest absolute Gasteiger partial charge is 0.457 e. The minimum atomic E-state index is -0.0582. The molecular formula is C44H42N4O. The Morgan fingerprint density at radius 2 is 1.24 bits per heavy atom. The van der Waals surface area contributed by atoms with Gasteiger partial charge < -0.3 is 14.5 Å². The maximum atomic E-state index is 6.67. The standard InChI is InChI=1S/C44H42N4O/c1-43(2,3)30-24-25-45-41(26-30)48-40-28-34(22-23-35(40)36-18-13-19-37(42(36)48)44(4,5)6)49-33-17-12-16-32(27-33)47-29-46(31-14-8-7-9-15-31)38-20-10-11-21-39(38)47/h7-28H,29H2,1-6H3. The number of pyridine rings is 1. The summed E-state index contributed by atoms with van der Waals surface area (Å²) < 4.78 is 9.01. The van der Waals surface area contributed by atoms with Gasteiger partial charge in [0.2, 0.25) is 0 Å². The smallest absolute Gasteiger partial charge is 0.137 e. The third kappa shape index (κ3) is 5.49. The highest BCUT2D eigenvalue weighted by Gasteiger charge is 2.28. The van der Waals surface area contributed by atoms with E-state index >= 15 is 0 Å². The Balaban J connectivity index is 1.21. The van der Waals surface area contributed by atoms with Gasteiger partial charge in [-0.05, 0) is 82.6 Å². The fraction of sp³-hybridized carbons (Fsp3) is 0.205. The van der Waals surface area contributed by atoms with Crippen molar-refractivity contribution >= 4 is 44.6 Å². The molecule has 0 radical (unpaired) electrons. The van der Waals surface area contributed by atoms with E-state index in [2.05, 4.69) is 177 Å². The number of anilines is 4. The lowest BCUT2D eigenvalue weighted by molar-refractivity contribution is 0.483. The minimum Gasteiger partial charge on any atom is -0.457 e. The molecule has 8 rings (SSSR count). The third-order valence-electron chi connectivity index (χ3n) is 9.59. The summed E-state index contributed by atoms with van der Waals surface area (Å²) in [5, 5.41) is 2.40. The van der Waals surface area contributed by atoms with E-state index in [1.807, 2.05) is 12.3 Å². The summed E-state index contributed by atoms with van der Waals surface area (Å²) in [4.78, 5) is 9.64. The van der Waals surface area contributed by atoms with Crippen LogP contribution in [0.1, 0.15) is 52.7 Å². The maximum absolute atomic E-state index is 6.67. The average Bonchev–Trinajstić information content (AvgIpc) is 3.64. The van der Waals surface area contributed by atoms with Gasteiger partial charge in [-0.3, -0.25) is 4.57 Å². The Morgan fingerprint density at radius 3 is 1.98 bits per heavy atom. The number of aromatic nitrogens is 2. The molecule has 0 aliphatic carbocycles. The lowest BCUT2D eigenvalue weighted by Crippen LogP contribution is -2.23. The van der Waals surface area contributed by atoms with Crippen molar-refractivity contribution in [2.24, 2.45) is 0 Å². The molecule has 0 saturated heterocycles. The first kappa shape index (κ1) is 30.8. The van der Waals surface area contributed by atoms with Crippen LogP contribution in [0.4, 0.5) is 22.7 Å². The zero-order valence-electron chi connectivity index (χ0n) is 29.1. The molecule has 1 aliphatic rings. The summed E-state index contributed by atoms with van der Waals surface area (Å²) in [5.74, 6) is 2.49. The van der Waals surface area contributed by atoms with Crippen molar-refractivity contribution in [2.45, 2.75) is 52.4 Å². The molecule has 0 amide bonds. The number of ether oxygens (including phenoxy) is 1. The lowest BCUT2D eigenvalue weighted by atomic mass is 9.85. The highest BCUT2D eigenvalue weighted by atomic mass is 16.5. The molecule has 1 aliphatic heterocycles. The van der Waals surface area contributed by atoms with E-state index < -0.39 is 0 Å². The van der Waals surface area contributed by atoms with Crippen LogP contribution >= 0.6 is 0 Å². The highest BCUT2D eigenvalue weighted by molar-refractivity contribution is 6.10. The number of hydrogen-bond acceptors (Lipinski definition) is 4. The lowest BCUT2D eigenvalue weighted by Gasteiger charge is -2.23. The molecule has 0 fully saturated rings. The molecule has 5 heteroatoms. The Labute approximate surface area is 289 Å². The molecule has 5 aromatic carbocycles. The van der Waals surface area contributed by atoms with Gasteiger partial charge in [0.1, 0.15) is 24.0 Å². The molecule has 5 nitrogen and oxygen atoms in total. The van der Waals surface area contributed by atoms with Crippen LogP contribution in [0.15, 0.2) is 134 Å². The van der Waals surface area contributed by atoms with E-state index in [0.717, 1.165) is 35.2 Å². The normalized spacial score (nSPS) is 13.3. The first-order valence-corrected chi connectivity index (χ1v) is 17.1. The molecule has 0 N–H and O–H groups in total. The summed E-state index contributed by atoms with van der Waals surface area (Å²) in [6.07, 6.45) is 1.94. The van der Waals surface area contributed by atoms with Crippen molar-refractivity contribution in [1.29, 1.82) is 0 Å². The summed E-state index contributed by atoms with van der Waals surface area (Å²) in [6.45, 7) is 14.3. The summed E-state index contributed by atoms with van der Waals surface area (Å²) in [5.41, 5.74) is 9.36. The number of rotatable bonds is 5. The quantitative estimate of drug-likeness (QED) is 0.187. The molecular weight excluding hydrogens is 601 g/mol. The van der Waals surface area contributed by atoms with Crippen LogP contribution < -0.4 is 14.5 Å². The Morgan fingerprint density at radius 1 is 0.571 bits per heavy atom. The van der Waals surface area contributed by atoms with Gasteiger partial charge in [0, 0.05) is 40.5 Å². The Kier molecular flexibility index (Phi) is 7.25. The summed E-state index contributed by atoms with van der Waals surface area (Å²) in [7, 11) is 0. The highest BCUT2D eigenvalue weighted by Crippen LogP contribution is 2.45. The number of fused-ring (bicyclic) bond motifs is 4. The van der Waals surface area contributed by atoms with Gasteiger partial charge in [0.15, 0.2) is 0 Å². The topological polar surface area (TPSA) is 33.5 Å². The third-order valence-corrected chi connectivity index (χ3v) is 9.59. The molecule has 0 atom stereocenters. The van der Waals surface area contributed by atoms with Gasteiger partial charge in [-0.2, -0.15) is 0 Å². The predicted molar refractivity (Wildman–Crippen MR) is 205 cm³/mol. The van der Waals surface area contributed by atoms with Crippen molar-refractivity contribution in [1.82, 2.24) is 9.55 Å². The molecule has 0 spiro atoms. The van der Waals surface area contributed by atoms with Crippen molar-refractivity contribution in [3.8, 4) is 17.3 Å². The van der Waals surface area contributed by atoms with Crippen LogP contribution in [0, 0.1) is 0 Å². The molecule has 0 bridgehead atoms. The van der Waals surface area contributed by atoms with Crippen molar-refractivity contribution in [3.05, 3.63) is 145 Å². The predicted octanol–water partition coefficient (Wildman–Crippen LogP) is 11.8. The molecule has 244 valence electrons. The number of hydrogen-bond donors (Lipinski definition) is 0. The van der Waals surface area contributed by atoms with Gasteiger partial charge in [-0.1, -0.05) is 96.1 Å². The van der Waals surface area contributed by atoms with E-state index in [9.17, 15) is 0 Å². The fourth-order valence-corrected chi connectivity index (χ4v) is 7.08. The number of nitrogens with zero attached hydrogens (tertiary/aromatic N) is 4. The monoisotopic (exact) mass is 642 g/mol. The number of benzene rings is 5. The van der Waals surface area contributed by atoms with Gasteiger partial charge in [0.05, 0.1) is 22.4 Å². The van der Waals surface area contributed by atoms with E-state index in [4.69, 9.17) is 9.72 Å². The van der Waals surface area contributed by atoms with E-state index in [-0.39, 0.29) is 10.8 Å². The molecule has 0 saturated carbocycles. The van der Waals surface area contributed by atoms with Crippen LogP contribution in [-0.2, 0) is 10.8 Å².